The lowest BCUT2D eigenvalue weighted by Gasteiger charge is -2.18. The summed E-state index contributed by atoms with van der Waals surface area (Å²) in [6, 6.07) is 17.0. The molecule has 31 heavy (non-hydrogen) atoms. The molecule has 0 aliphatic rings. The molecule has 1 heterocycles. The average Bonchev–Trinajstić information content (AvgIpc) is 3.23. The summed E-state index contributed by atoms with van der Waals surface area (Å²) in [4.78, 5) is 25.4. The summed E-state index contributed by atoms with van der Waals surface area (Å²) < 4.78 is 0. The molecule has 0 fully saturated rings. The quantitative estimate of drug-likeness (QED) is 0.449. The first kappa shape index (κ1) is 22.6. The Labute approximate surface area is 187 Å². The Kier molecular flexibility index (Phi) is 8.29. The molecule has 2 amide bonds. The van der Waals surface area contributed by atoms with E-state index in [2.05, 4.69) is 27.8 Å². The van der Waals surface area contributed by atoms with Crippen molar-refractivity contribution in [2.24, 2.45) is 0 Å². The molecule has 2 N–H and O–H groups in total. The Morgan fingerprint density at radius 3 is 2.58 bits per heavy atom. The third-order valence-corrected chi connectivity index (χ3v) is 5.75. The number of carbonyl (C=O) groups excluding carboxylic acids is 2. The Hall–Kier alpha value is -3.06. The van der Waals surface area contributed by atoms with Crippen LogP contribution < -0.4 is 10.6 Å². The molecule has 2 aromatic carbocycles. The minimum atomic E-state index is -0.678. The van der Waals surface area contributed by atoms with Crippen LogP contribution in [0.5, 0.6) is 0 Å². The zero-order valence-corrected chi connectivity index (χ0v) is 18.7. The summed E-state index contributed by atoms with van der Waals surface area (Å²) >= 11 is 1.32. The molecule has 0 bridgehead atoms. The molecule has 0 saturated carbocycles. The van der Waals surface area contributed by atoms with E-state index in [1.807, 2.05) is 61.5 Å². The highest BCUT2D eigenvalue weighted by Crippen LogP contribution is 2.27. The Morgan fingerprint density at radius 2 is 1.84 bits per heavy atom. The highest BCUT2D eigenvalue weighted by molar-refractivity contribution is 7.18. The van der Waals surface area contributed by atoms with E-state index in [4.69, 9.17) is 0 Å². The van der Waals surface area contributed by atoms with Crippen molar-refractivity contribution in [2.75, 3.05) is 5.32 Å². The van der Waals surface area contributed by atoms with Crippen molar-refractivity contribution < 1.29 is 9.59 Å². The number of unbranched alkanes of at least 4 members (excludes halogenated alkanes) is 2. The van der Waals surface area contributed by atoms with E-state index < -0.39 is 6.04 Å². The normalized spacial score (nSPS) is 11.7. The van der Waals surface area contributed by atoms with E-state index in [0.717, 1.165) is 41.0 Å². The number of aromatic nitrogens is 2. The summed E-state index contributed by atoms with van der Waals surface area (Å²) in [5, 5.41) is 15.2. The summed E-state index contributed by atoms with van der Waals surface area (Å²) in [7, 11) is 0. The van der Waals surface area contributed by atoms with Crippen LogP contribution in [-0.2, 0) is 16.0 Å². The SMILES string of the molecule is CCCCCC(=O)NC(Cc1ccccc1)C(=O)Nc1nnc(-c2cccc(C)c2)s1. The van der Waals surface area contributed by atoms with Crippen LogP contribution in [0.3, 0.4) is 0 Å². The van der Waals surface area contributed by atoms with E-state index >= 15 is 0 Å². The van der Waals surface area contributed by atoms with Gasteiger partial charge >= 0.3 is 0 Å². The number of hydrogen-bond acceptors (Lipinski definition) is 5. The van der Waals surface area contributed by atoms with Crippen molar-refractivity contribution in [1.82, 2.24) is 15.5 Å². The van der Waals surface area contributed by atoms with Crippen molar-refractivity contribution >= 4 is 28.3 Å². The second-order valence-electron chi connectivity index (χ2n) is 7.54. The van der Waals surface area contributed by atoms with Crippen molar-refractivity contribution in [1.29, 1.82) is 0 Å². The minimum absolute atomic E-state index is 0.109. The fourth-order valence-corrected chi connectivity index (χ4v) is 3.97. The van der Waals surface area contributed by atoms with Gasteiger partial charge in [-0.1, -0.05) is 85.2 Å². The number of benzene rings is 2. The van der Waals surface area contributed by atoms with E-state index in [-0.39, 0.29) is 11.8 Å². The van der Waals surface area contributed by atoms with Gasteiger partial charge in [-0.2, -0.15) is 0 Å². The number of hydrogen-bond donors (Lipinski definition) is 2. The second-order valence-corrected chi connectivity index (χ2v) is 8.52. The summed E-state index contributed by atoms with van der Waals surface area (Å²) in [6.45, 7) is 4.11. The van der Waals surface area contributed by atoms with Crippen molar-refractivity contribution in [3.63, 3.8) is 0 Å². The first-order valence-electron chi connectivity index (χ1n) is 10.6. The largest absolute Gasteiger partial charge is 0.344 e. The van der Waals surface area contributed by atoms with Crippen LogP contribution in [0, 0.1) is 6.92 Å². The molecule has 3 aromatic rings. The Balaban J connectivity index is 1.69. The van der Waals surface area contributed by atoms with E-state index in [1.54, 1.807) is 0 Å². The van der Waals surface area contributed by atoms with E-state index in [1.165, 1.54) is 11.3 Å². The number of aryl methyl sites for hydroxylation is 1. The first-order valence-corrected chi connectivity index (χ1v) is 11.4. The fraction of sp³-hybridized carbons (Fsp3) is 0.333. The molecule has 6 nitrogen and oxygen atoms in total. The Bertz CT molecular complexity index is 1000. The van der Waals surface area contributed by atoms with E-state index in [0.29, 0.717) is 18.0 Å². The van der Waals surface area contributed by atoms with Gasteiger partial charge in [0, 0.05) is 18.4 Å². The van der Waals surface area contributed by atoms with Crippen molar-refractivity contribution in [3.8, 4) is 10.6 Å². The van der Waals surface area contributed by atoms with Gasteiger partial charge in [-0.15, -0.1) is 10.2 Å². The topological polar surface area (TPSA) is 84.0 Å². The predicted octanol–water partition coefficient (Wildman–Crippen LogP) is 4.76. The monoisotopic (exact) mass is 436 g/mol. The molecule has 7 heteroatoms. The average molecular weight is 437 g/mol. The molecule has 0 aliphatic heterocycles. The van der Waals surface area contributed by atoms with Crippen LogP contribution >= 0.6 is 11.3 Å². The predicted molar refractivity (Wildman–Crippen MR) is 125 cm³/mol. The lowest BCUT2D eigenvalue weighted by atomic mass is 10.0. The van der Waals surface area contributed by atoms with Crippen LogP contribution in [0.15, 0.2) is 54.6 Å². The molecule has 1 atom stereocenters. The third-order valence-electron chi connectivity index (χ3n) is 4.86. The molecule has 0 spiro atoms. The van der Waals surface area contributed by atoms with E-state index in [9.17, 15) is 9.59 Å². The van der Waals surface area contributed by atoms with Gasteiger partial charge in [0.05, 0.1) is 0 Å². The van der Waals surface area contributed by atoms with Crippen molar-refractivity contribution in [2.45, 2.75) is 52.0 Å². The van der Waals surface area contributed by atoms with Crippen LogP contribution in [0.1, 0.15) is 43.7 Å². The van der Waals surface area contributed by atoms with Crippen LogP contribution in [0.25, 0.3) is 10.6 Å². The molecular weight excluding hydrogens is 408 g/mol. The maximum Gasteiger partial charge on any atom is 0.249 e. The van der Waals surface area contributed by atoms with Crippen molar-refractivity contribution in [3.05, 3.63) is 65.7 Å². The van der Waals surface area contributed by atoms with Crippen LogP contribution in [0.4, 0.5) is 5.13 Å². The smallest absolute Gasteiger partial charge is 0.249 e. The number of nitrogens with one attached hydrogen (secondary N) is 2. The van der Waals surface area contributed by atoms with Gasteiger partial charge in [0.25, 0.3) is 0 Å². The molecule has 0 saturated heterocycles. The molecule has 0 radical (unpaired) electrons. The minimum Gasteiger partial charge on any atom is -0.344 e. The number of anilines is 1. The first-order chi connectivity index (χ1) is 15.0. The van der Waals surface area contributed by atoms with Gasteiger partial charge in [-0.3, -0.25) is 14.9 Å². The highest BCUT2D eigenvalue weighted by atomic mass is 32.1. The number of rotatable bonds is 10. The molecular formula is C24H28N4O2S. The molecule has 162 valence electrons. The standard InChI is InChI=1S/C24H28N4O2S/c1-3-4-6-14-21(29)25-20(16-18-11-7-5-8-12-18)22(30)26-24-28-27-23(31-24)19-13-9-10-17(2)15-19/h5,7-13,15,20H,3-4,6,14,16H2,1-2H3,(H,25,29)(H,26,28,30). The third kappa shape index (κ3) is 7.00. The zero-order valence-electron chi connectivity index (χ0n) is 17.9. The van der Waals surface area contributed by atoms with Gasteiger partial charge < -0.3 is 5.32 Å². The summed E-state index contributed by atoms with van der Waals surface area (Å²) in [5.41, 5.74) is 3.07. The van der Waals surface area contributed by atoms with Crippen LogP contribution in [-0.4, -0.2) is 28.1 Å². The molecule has 1 unspecified atom stereocenters. The summed E-state index contributed by atoms with van der Waals surface area (Å²) in [6.07, 6.45) is 3.69. The van der Waals surface area contributed by atoms with Gasteiger partial charge in [0.2, 0.25) is 16.9 Å². The molecule has 3 rings (SSSR count). The zero-order chi connectivity index (χ0) is 22.1. The van der Waals surface area contributed by atoms with Gasteiger partial charge in [0.1, 0.15) is 11.0 Å². The molecule has 0 aliphatic carbocycles. The van der Waals surface area contributed by atoms with Gasteiger partial charge in [-0.25, -0.2) is 0 Å². The number of carbonyl (C=O) groups is 2. The lowest BCUT2D eigenvalue weighted by Crippen LogP contribution is -2.45. The fourth-order valence-electron chi connectivity index (χ4n) is 3.22. The second kappa shape index (κ2) is 11.4. The number of nitrogens with zero attached hydrogens (tertiary/aromatic N) is 2. The summed E-state index contributed by atoms with van der Waals surface area (Å²) in [5.74, 6) is -0.401. The van der Waals surface area contributed by atoms with Gasteiger partial charge in [-0.05, 0) is 25.0 Å². The lowest BCUT2D eigenvalue weighted by molar-refractivity contribution is -0.126. The number of amides is 2. The maximum atomic E-state index is 13.0. The molecule has 1 aromatic heterocycles. The van der Waals surface area contributed by atoms with Gasteiger partial charge in [0.15, 0.2) is 0 Å². The van der Waals surface area contributed by atoms with Crippen LogP contribution in [0.2, 0.25) is 0 Å². The maximum absolute atomic E-state index is 13.0. The Morgan fingerprint density at radius 1 is 1.03 bits per heavy atom. The highest BCUT2D eigenvalue weighted by Gasteiger charge is 2.22.